The molecule has 1 aliphatic heterocycles. The molecule has 4 rings (SSSR count). The third-order valence-corrected chi connectivity index (χ3v) is 10.1. The zero-order valence-corrected chi connectivity index (χ0v) is 25.4. The molecule has 3 heterocycles. The summed E-state index contributed by atoms with van der Waals surface area (Å²) in [5.74, 6) is -0.578. The maximum atomic E-state index is 13.7. The number of amides is 1. The number of carbonyl (C=O) groups excluding carboxylic acids is 1. The monoisotopic (exact) mass is 655 g/mol. The van der Waals surface area contributed by atoms with Crippen LogP contribution in [-0.4, -0.2) is 64.3 Å². The number of benzene rings is 1. The maximum Gasteiger partial charge on any atom is 0.404 e. The van der Waals surface area contributed by atoms with Crippen molar-refractivity contribution in [1.82, 2.24) is 24.8 Å². The van der Waals surface area contributed by atoms with E-state index in [2.05, 4.69) is 15.2 Å². The minimum absolute atomic E-state index is 0.0286. The van der Waals surface area contributed by atoms with Gasteiger partial charge in [-0.3, -0.25) is 4.79 Å². The highest BCUT2D eigenvalue weighted by molar-refractivity contribution is 7.89. The van der Waals surface area contributed by atoms with Crippen LogP contribution < -0.4 is 4.72 Å². The number of hydrogen-bond acceptors (Lipinski definition) is 9. The van der Waals surface area contributed by atoms with Crippen LogP contribution in [0.3, 0.4) is 0 Å². The summed E-state index contributed by atoms with van der Waals surface area (Å²) in [7, 11) is -4.73. The van der Waals surface area contributed by atoms with Crippen LogP contribution in [0.25, 0.3) is 21.3 Å². The van der Waals surface area contributed by atoms with Crippen molar-refractivity contribution in [2.75, 3.05) is 6.54 Å². The molecule has 1 fully saturated rings. The highest BCUT2D eigenvalue weighted by atomic mass is 35.5. The van der Waals surface area contributed by atoms with Gasteiger partial charge in [-0.25, -0.2) is 13.4 Å². The Labute approximate surface area is 247 Å². The van der Waals surface area contributed by atoms with Crippen molar-refractivity contribution in [2.24, 2.45) is 0 Å². The molecule has 1 saturated heterocycles. The lowest BCUT2D eigenvalue weighted by molar-refractivity contribution is -0.147. The van der Waals surface area contributed by atoms with Gasteiger partial charge in [0.25, 0.3) is 11.8 Å². The van der Waals surface area contributed by atoms with Crippen molar-refractivity contribution in [3.63, 3.8) is 0 Å². The van der Waals surface area contributed by atoms with E-state index < -0.39 is 43.7 Å². The number of hydrogen-bond donors (Lipinski definition) is 2. The van der Waals surface area contributed by atoms with E-state index in [0.29, 0.717) is 13.5 Å². The zero-order chi connectivity index (χ0) is 30.5. The predicted octanol–water partition coefficient (Wildman–Crippen LogP) is 5.64. The summed E-state index contributed by atoms with van der Waals surface area (Å²) in [6, 6.07) is -0.214. The number of piperidine rings is 1. The molecule has 3 aromatic rings. The van der Waals surface area contributed by atoms with Gasteiger partial charge in [-0.15, -0.1) is 21.5 Å². The van der Waals surface area contributed by atoms with Gasteiger partial charge < -0.3 is 14.4 Å². The summed E-state index contributed by atoms with van der Waals surface area (Å²) in [4.78, 5) is 19.4. The van der Waals surface area contributed by atoms with Crippen LogP contribution in [-0.2, 0) is 15.6 Å². The van der Waals surface area contributed by atoms with Crippen LogP contribution in [0.1, 0.15) is 63.3 Å². The number of alkyl halides is 3. The quantitative estimate of drug-likeness (QED) is 0.334. The van der Waals surface area contributed by atoms with Crippen molar-refractivity contribution >= 4 is 50.5 Å². The molecule has 17 heteroatoms. The summed E-state index contributed by atoms with van der Waals surface area (Å²) in [5, 5.41) is 17.3. The number of aromatic nitrogens is 3. The van der Waals surface area contributed by atoms with Crippen molar-refractivity contribution in [3.05, 3.63) is 33.8 Å². The first-order valence-electron chi connectivity index (χ1n) is 12.4. The van der Waals surface area contributed by atoms with E-state index in [1.807, 2.05) is 6.92 Å². The smallest absolute Gasteiger partial charge is 0.404 e. The summed E-state index contributed by atoms with van der Waals surface area (Å²) in [5.41, 5.74) is -1.35. The lowest BCUT2D eigenvalue weighted by Gasteiger charge is -2.33. The Morgan fingerprint density at radius 2 is 1.90 bits per heavy atom. The number of likely N-dealkylation sites (tertiary alicyclic amines) is 1. The van der Waals surface area contributed by atoms with E-state index in [4.69, 9.17) is 27.6 Å². The highest BCUT2D eigenvalue weighted by Gasteiger charge is 2.40. The van der Waals surface area contributed by atoms with E-state index in [1.54, 1.807) is 9.62 Å². The van der Waals surface area contributed by atoms with Gasteiger partial charge in [0.1, 0.15) is 22.2 Å². The molecule has 10 nitrogen and oxygen atoms in total. The Kier molecular flexibility index (Phi) is 8.81. The Morgan fingerprint density at radius 3 is 2.49 bits per heavy atom. The topological polar surface area (TPSA) is 139 Å². The normalized spacial score (nSPS) is 17.6. The fourth-order valence-corrected chi connectivity index (χ4v) is 7.27. The van der Waals surface area contributed by atoms with Crippen LogP contribution in [0.2, 0.25) is 10.0 Å². The number of nitrogens with one attached hydrogen (secondary N) is 1. The van der Waals surface area contributed by atoms with Crippen LogP contribution >= 0.6 is 34.5 Å². The van der Waals surface area contributed by atoms with Gasteiger partial charge in [-0.2, -0.15) is 17.9 Å². The number of rotatable bonds is 7. The highest BCUT2D eigenvalue weighted by Crippen LogP contribution is 2.44. The lowest BCUT2D eigenvalue weighted by Crippen LogP contribution is -2.43. The van der Waals surface area contributed by atoms with Gasteiger partial charge in [0.15, 0.2) is 5.01 Å². The molecule has 0 spiro atoms. The van der Waals surface area contributed by atoms with E-state index in [-0.39, 0.29) is 44.0 Å². The molecule has 1 aromatic carbocycles. The maximum absolute atomic E-state index is 13.7. The van der Waals surface area contributed by atoms with E-state index in [0.717, 1.165) is 36.7 Å². The summed E-state index contributed by atoms with van der Waals surface area (Å²) < 4.78 is 71.6. The summed E-state index contributed by atoms with van der Waals surface area (Å²) in [6.07, 6.45) is -2.29. The molecular formula is C24H26Cl2F3N5O5S2. The minimum Gasteiger partial charge on any atom is -0.415 e. The minimum atomic E-state index is -4.83. The summed E-state index contributed by atoms with van der Waals surface area (Å²) >= 11 is 13.7. The second-order valence-electron chi connectivity index (χ2n) is 10.1. The Balaban J connectivity index is 1.83. The third-order valence-electron chi connectivity index (χ3n) is 6.43. The standard InChI is InChI=1S/C24H26Cl2F3N5O5S2/c1-11-7-5-6-10-34(11)21(35)17-18(40-20(30-17)19-31-32-22(39-19)23(3,4)36)13-8-9-14(16(26)15(13)25)41(37,38)33-12(2)24(27,28)29/h8-9,11-12,33,36H,5-7,10H2,1-4H3/t11-,12-/m0/s1. The first kappa shape index (κ1) is 31.6. The molecule has 2 N–H and O–H groups in total. The lowest BCUT2D eigenvalue weighted by atomic mass is 10.0. The first-order valence-corrected chi connectivity index (χ1v) is 15.4. The Hall–Kier alpha value is -2.30. The molecule has 0 aliphatic carbocycles. The average Bonchev–Trinajstić information content (AvgIpc) is 3.52. The van der Waals surface area contributed by atoms with Crippen molar-refractivity contribution < 1.29 is 35.9 Å². The molecule has 2 atom stereocenters. The molecule has 0 radical (unpaired) electrons. The fraction of sp³-hybridized carbons (Fsp3) is 0.500. The van der Waals surface area contributed by atoms with Crippen molar-refractivity contribution in [3.8, 4) is 21.3 Å². The number of aliphatic hydroxyl groups is 1. The molecule has 1 aliphatic rings. The van der Waals surface area contributed by atoms with Gasteiger partial charge in [-0.1, -0.05) is 29.3 Å². The van der Waals surface area contributed by atoms with Gasteiger partial charge in [0, 0.05) is 18.2 Å². The van der Waals surface area contributed by atoms with E-state index in [9.17, 15) is 31.5 Å². The molecule has 0 bridgehead atoms. The van der Waals surface area contributed by atoms with Crippen LogP contribution in [0.15, 0.2) is 21.4 Å². The van der Waals surface area contributed by atoms with E-state index >= 15 is 0 Å². The van der Waals surface area contributed by atoms with Crippen molar-refractivity contribution in [2.45, 2.75) is 75.7 Å². The zero-order valence-electron chi connectivity index (χ0n) is 22.2. The summed E-state index contributed by atoms with van der Waals surface area (Å²) in [6.45, 7) is 5.96. The van der Waals surface area contributed by atoms with Gasteiger partial charge >= 0.3 is 6.18 Å². The first-order chi connectivity index (χ1) is 18.9. The average molecular weight is 657 g/mol. The fourth-order valence-electron chi connectivity index (χ4n) is 4.11. The van der Waals surface area contributed by atoms with E-state index in [1.165, 1.54) is 19.9 Å². The SMILES string of the molecule is C[C@H](NS(=O)(=O)c1ccc(-c2sc(-c3nnc(C(C)(C)O)o3)nc2C(=O)N2CCCC[C@@H]2C)c(Cl)c1Cl)C(F)(F)F. The second-order valence-corrected chi connectivity index (χ2v) is 13.6. The van der Waals surface area contributed by atoms with Gasteiger partial charge in [0.05, 0.1) is 14.9 Å². The number of carbonyl (C=O) groups is 1. The molecule has 1 amide bonds. The van der Waals surface area contributed by atoms with Crippen LogP contribution in [0, 0.1) is 0 Å². The molecule has 41 heavy (non-hydrogen) atoms. The number of sulfonamides is 1. The number of thiazole rings is 1. The molecule has 0 saturated carbocycles. The second kappa shape index (κ2) is 11.4. The molecule has 224 valence electrons. The Morgan fingerprint density at radius 1 is 1.22 bits per heavy atom. The third kappa shape index (κ3) is 6.54. The molecule has 2 aromatic heterocycles. The van der Waals surface area contributed by atoms with Gasteiger partial charge in [0.2, 0.25) is 15.9 Å². The van der Waals surface area contributed by atoms with Crippen molar-refractivity contribution in [1.29, 1.82) is 0 Å². The number of nitrogens with zero attached hydrogens (tertiary/aromatic N) is 4. The largest absolute Gasteiger partial charge is 0.415 e. The molecular weight excluding hydrogens is 630 g/mol. The van der Waals surface area contributed by atoms with Gasteiger partial charge in [-0.05, 0) is 53.0 Å². The number of halogens is 5. The van der Waals surface area contributed by atoms with Crippen LogP contribution in [0.5, 0.6) is 0 Å². The Bertz CT molecular complexity index is 1570. The van der Waals surface area contributed by atoms with Crippen LogP contribution in [0.4, 0.5) is 13.2 Å². The molecule has 0 unspecified atom stereocenters. The predicted molar refractivity (Wildman–Crippen MR) is 146 cm³/mol.